The fourth-order valence-electron chi connectivity index (χ4n) is 1.96. The van der Waals surface area contributed by atoms with Gasteiger partial charge >= 0.3 is 0 Å². The van der Waals surface area contributed by atoms with Gasteiger partial charge in [-0.1, -0.05) is 23.4 Å². The summed E-state index contributed by atoms with van der Waals surface area (Å²) in [5.41, 5.74) is 0.898. The predicted octanol–water partition coefficient (Wildman–Crippen LogP) is 3.77. The van der Waals surface area contributed by atoms with Crippen LogP contribution in [0.3, 0.4) is 0 Å². The number of nitrogens with two attached hydrogens (primary N) is 1. The van der Waals surface area contributed by atoms with E-state index in [-0.39, 0.29) is 4.90 Å². The summed E-state index contributed by atoms with van der Waals surface area (Å²) in [6.07, 6.45) is 0. The van der Waals surface area contributed by atoms with Crippen LogP contribution in [0.15, 0.2) is 51.7 Å². The lowest BCUT2D eigenvalue weighted by Gasteiger charge is -2.05. The molecule has 0 atom stereocenters. The second kappa shape index (κ2) is 7.28. The van der Waals surface area contributed by atoms with Crippen LogP contribution in [0.2, 0.25) is 5.02 Å². The first kappa shape index (κ1) is 17.5. The Balaban J connectivity index is 1.52. The minimum atomic E-state index is -3.67. The van der Waals surface area contributed by atoms with E-state index in [1.54, 1.807) is 35.2 Å². The summed E-state index contributed by atoms with van der Waals surface area (Å²) >= 11 is 9.17. The summed E-state index contributed by atoms with van der Waals surface area (Å²) in [6, 6.07) is 11.7. The van der Waals surface area contributed by atoms with Gasteiger partial charge in [0, 0.05) is 10.8 Å². The summed E-state index contributed by atoms with van der Waals surface area (Å²) < 4.78 is 30.0. The number of aromatic nitrogens is 1. The molecule has 0 bridgehead atoms. The third-order valence-corrected chi connectivity index (χ3v) is 6.37. The lowest BCUT2D eigenvalue weighted by molar-refractivity contribution is 0.343. The molecule has 0 aliphatic heterocycles. The highest BCUT2D eigenvalue weighted by Crippen LogP contribution is 2.30. The van der Waals surface area contributed by atoms with Gasteiger partial charge in [0.2, 0.25) is 10.0 Å². The maximum atomic E-state index is 11.2. The van der Waals surface area contributed by atoms with Crippen molar-refractivity contribution in [2.45, 2.75) is 9.24 Å². The third-order valence-electron chi connectivity index (χ3n) is 3.06. The quantitative estimate of drug-likeness (QED) is 0.503. The molecule has 9 heteroatoms. The average molecular weight is 401 g/mol. The maximum absolute atomic E-state index is 11.2. The minimum absolute atomic E-state index is 0.0670. The summed E-state index contributed by atoms with van der Waals surface area (Å²) in [4.78, 5) is 4.58. The Bertz CT molecular complexity index is 956. The molecule has 1 aromatic heterocycles. The van der Waals surface area contributed by atoms with Crippen LogP contribution in [0.4, 0.5) is 0 Å². The molecule has 3 rings (SSSR count). The van der Waals surface area contributed by atoms with Crippen molar-refractivity contribution in [3.63, 3.8) is 0 Å². The van der Waals surface area contributed by atoms with E-state index in [2.05, 4.69) is 4.98 Å². The van der Waals surface area contributed by atoms with Crippen molar-refractivity contribution in [2.24, 2.45) is 5.14 Å². The smallest absolute Gasteiger partial charge is 0.238 e. The van der Waals surface area contributed by atoms with Crippen LogP contribution in [-0.4, -0.2) is 25.8 Å². The molecule has 0 spiro atoms. The van der Waals surface area contributed by atoms with Crippen molar-refractivity contribution in [2.75, 3.05) is 12.4 Å². The largest absolute Gasteiger partial charge is 0.493 e. The molecule has 24 heavy (non-hydrogen) atoms. The Kier molecular flexibility index (Phi) is 5.31. The van der Waals surface area contributed by atoms with Gasteiger partial charge < -0.3 is 4.74 Å². The van der Waals surface area contributed by atoms with Gasteiger partial charge in [-0.15, -0.1) is 11.3 Å². The van der Waals surface area contributed by atoms with Crippen molar-refractivity contribution in [1.29, 1.82) is 0 Å². The van der Waals surface area contributed by atoms with Crippen LogP contribution in [0.5, 0.6) is 5.75 Å². The topological polar surface area (TPSA) is 82.3 Å². The maximum Gasteiger partial charge on any atom is 0.238 e. The summed E-state index contributed by atoms with van der Waals surface area (Å²) in [5, 5.41) is 5.72. The average Bonchev–Trinajstić information content (AvgIpc) is 2.93. The van der Waals surface area contributed by atoms with E-state index >= 15 is 0 Å². The highest BCUT2D eigenvalue weighted by molar-refractivity contribution is 8.01. The van der Waals surface area contributed by atoms with E-state index in [9.17, 15) is 8.42 Å². The molecule has 0 unspecified atom stereocenters. The molecule has 0 aliphatic rings. The van der Waals surface area contributed by atoms with E-state index < -0.39 is 10.0 Å². The highest BCUT2D eigenvalue weighted by Gasteiger charge is 2.08. The Labute approximate surface area is 152 Å². The van der Waals surface area contributed by atoms with Gasteiger partial charge in [-0.05, 0) is 42.5 Å². The van der Waals surface area contributed by atoms with Gasteiger partial charge in [0.15, 0.2) is 4.34 Å². The first-order valence-corrected chi connectivity index (χ1v) is 10.6. The zero-order chi connectivity index (χ0) is 17.2. The van der Waals surface area contributed by atoms with Crippen molar-refractivity contribution in [1.82, 2.24) is 4.98 Å². The van der Waals surface area contributed by atoms with Gasteiger partial charge in [-0.3, -0.25) is 0 Å². The zero-order valence-corrected chi connectivity index (χ0v) is 15.5. The highest BCUT2D eigenvalue weighted by atomic mass is 35.5. The number of sulfonamides is 1. The number of ether oxygens (including phenoxy) is 1. The summed E-state index contributed by atoms with van der Waals surface area (Å²) in [7, 11) is -3.67. The molecule has 2 N–H and O–H groups in total. The number of halogens is 1. The number of hydrogen-bond acceptors (Lipinski definition) is 6. The van der Waals surface area contributed by atoms with Crippen LogP contribution < -0.4 is 9.88 Å². The molecule has 3 aromatic rings. The molecular formula is C15H13ClN2O3S3. The molecular weight excluding hydrogens is 388 g/mol. The van der Waals surface area contributed by atoms with E-state index in [0.717, 1.165) is 20.3 Å². The lowest BCUT2D eigenvalue weighted by atomic mass is 10.3. The first-order chi connectivity index (χ1) is 11.4. The van der Waals surface area contributed by atoms with E-state index in [4.69, 9.17) is 21.5 Å². The molecule has 5 nitrogen and oxygen atoms in total. The SMILES string of the molecule is NS(=O)(=O)c1ccc(OCCSc2nc3cc(Cl)ccc3s2)cc1. The number of fused-ring (bicyclic) bond motifs is 1. The fraction of sp³-hybridized carbons (Fsp3) is 0.133. The Morgan fingerprint density at radius 2 is 1.96 bits per heavy atom. The number of primary sulfonamides is 1. The second-order valence-corrected chi connectivity index (χ2v) is 9.18. The van der Waals surface area contributed by atoms with Crippen LogP contribution in [0, 0.1) is 0 Å². The normalized spacial score (nSPS) is 11.8. The Morgan fingerprint density at radius 1 is 1.21 bits per heavy atom. The summed E-state index contributed by atoms with van der Waals surface area (Å²) in [5.74, 6) is 1.32. The molecule has 0 amide bonds. The molecule has 0 fully saturated rings. The number of thiazole rings is 1. The molecule has 1 heterocycles. The molecule has 0 saturated heterocycles. The van der Waals surface area contributed by atoms with Crippen molar-refractivity contribution >= 4 is 54.9 Å². The number of hydrogen-bond donors (Lipinski definition) is 1. The van der Waals surface area contributed by atoms with Crippen LogP contribution in [-0.2, 0) is 10.0 Å². The minimum Gasteiger partial charge on any atom is -0.493 e. The number of benzene rings is 2. The fourth-order valence-corrected chi connectivity index (χ4v) is 4.57. The van der Waals surface area contributed by atoms with E-state index in [1.807, 2.05) is 18.2 Å². The molecule has 2 aromatic carbocycles. The van der Waals surface area contributed by atoms with Gasteiger partial charge in [0.25, 0.3) is 0 Å². The molecule has 126 valence electrons. The van der Waals surface area contributed by atoms with Crippen LogP contribution >= 0.6 is 34.7 Å². The van der Waals surface area contributed by atoms with E-state index in [0.29, 0.717) is 17.4 Å². The summed E-state index contributed by atoms with van der Waals surface area (Å²) in [6.45, 7) is 0.482. The van der Waals surface area contributed by atoms with Gasteiger partial charge in [0.05, 0.1) is 21.7 Å². The van der Waals surface area contributed by atoms with Gasteiger partial charge in [0.1, 0.15) is 5.75 Å². The van der Waals surface area contributed by atoms with E-state index in [1.165, 1.54) is 12.1 Å². The second-order valence-electron chi connectivity index (χ2n) is 4.81. The van der Waals surface area contributed by atoms with Gasteiger partial charge in [-0.2, -0.15) is 0 Å². The lowest BCUT2D eigenvalue weighted by Crippen LogP contribution is -2.11. The van der Waals surface area contributed by atoms with Gasteiger partial charge in [-0.25, -0.2) is 18.5 Å². The molecule has 0 radical (unpaired) electrons. The van der Waals surface area contributed by atoms with Crippen molar-refractivity contribution < 1.29 is 13.2 Å². The standard InChI is InChI=1S/C15H13ClN2O3S3/c16-10-1-6-14-13(9-10)18-15(23-14)22-8-7-21-11-2-4-12(5-3-11)24(17,19)20/h1-6,9H,7-8H2,(H2,17,19,20). The number of nitrogens with zero attached hydrogens (tertiary/aromatic N) is 1. The van der Waals surface area contributed by atoms with Crippen molar-refractivity contribution in [3.8, 4) is 5.75 Å². The first-order valence-electron chi connectivity index (χ1n) is 6.86. The molecule has 0 saturated carbocycles. The Morgan fingerprint density at radius 3 is 2.67 bits per heavy atom. The molecule has 0 aliphatic carbocycles. The number of thioether (sulfide) groups is 1. The van der Waals surface area contributed by atoms with Crippen LogP contribution in [0.1, 0.15) is 0 Å². The van der Waals surface area contributed by atoms with Crippen LogP contribution in [0.25, 0.3) is 10.2 Å². The Hall–Kier alpha value is -1.32. The monoisotopic (exact) mass is 400 g/mol. The van der Waals surface area contributed by atoms with Crippen molar-refractivity contribution in [3.05, 3.63) is 47.5 Å². The predicted molar refractivity (Wildman–Crippen MR) is 98.7 cm³/mol. The number of rotatable bonds is 6. The third kappa shape index (κ3) is 4.40. The zero-order valence-electron chi connectivity index (χ0n) is 12.3.